The van der Waals surface area contributed by atoms with E-state index in [-0.39, 0.29) is 10.6 Å². The van der Waals surface area contributed by atoms with Crippen molar-refractivity contribution in [2.75, 3.05) is 4.90 Å². The van der Waals surface area contributed by atoms with Crippen molar-refractivity contribution < 1.29 is 35.9 Å². The van der Waals surface area contributed by atoms with E-state index in [2.05, 4.69) is 15.3 Å². The van der Waals surface area contributed by atoms with Gasteiger partial charge in [-0.2, -0.15) is 15.3 Å². The molecule has 194 valence electrons. The van der Waals surface area contributed by atoms with Crippen LogP contribution in [0.1, 0.15) is 57.1 Å². The number of amides is 2. The van der Waals surface area contributed by atoms with Gasteiger partial charge in [0.25, 0.3) is 31.1 Å². The second kappa shape index (κ2) is 9.91. The van der Waals surface area contributed by atoms with Gasteiger partial charge >= 0.3 is 0 Å². The first-order valence-corrected chi connectivity index (χ1v) is 10.4. The number of aromatic nitrogens is 6. The second-order valence-corrected chi connectivity index (χ2v) is 7.71. The number of nitrogens with zero attached hydrogens (tertiary/aromatic N) is 7. The molecule has 37 heavy (non-hydrogen) atoms. The monoisotopic (exact) mass is 525 g/mol. The highest BCUT2D eigenvalue weighted by atomic mass is 19.3. The van der Waals surface area contributed by atoms with Crippen LogP contribution in [0.4, 0.5) is 32.0 Å². The summed E-state index contributed by atoms with van der Waals surface area (Å²) in [6.45, 7) is 0. The predicted octanol–water partition coefficient (Wildman–Crippen LogP) is 4.64. The Bertz CT molecular complexity index is 1380. The first-order chi connectivity index (χ1) is 17.5. The number of halogens is 6. The molecule has 9 nitrogen and oxygen atoms in total. The Balaban J connectivity index is 1.96. The molecule has 3 heterocycles. The number of carbonyl (C=O) groups excluding carboxylic acids is 2. The van der Waals surface area contributed by atoms with Crippen molar-refractivity contribution in [1.29, 1.82) is 0 Å². The Hall–Kier alpha value is -4.43. The van der Waals surface area contributed by atoms with Gasteiger partial charge in [0.1, 0.15) is 17.1 Å². The van der Waals surface area contributed by atoms with Crippen LogP contribution in [0.15, 0.2) is 48.9 Å². The molecule has 2 amide bonds. The second-order valence-electron chi connectivity index (χ2n) is 7.71. The van der Waals surface area contributed by atoms with E-state index in [1.807, 2.05) is 0 Å². The van der Waals surface area contributed by atoms with Crippen molar-refractivity contribution in [2.45, 2.75) is 19.3 Å². The number of carbonyl (C=O) groups is 2. The summed E-state index contributed by atoms with van der Waals surface area (Å²) >= 11 is 0. The third-order valence-electron chi connectivity index (χ3n) is 5.23. The molecule has 0 bridgehead atoms. The van der Waals surface area contributed by atoms with Gasteiger partial charge < -0.3 is 0 Å². The number of benzene rings is 1. The number of imide groups is 1. The average Bonchev–Trinajstić information content (AvgIpc) is 3.56. The van der Waals surface area contributed by atoms with Crippen molar-refractivity contribution in [3.05, 3.63) is 77.1 Å². The number of aryl methyl sites for hydroxylation is 2. The van der Waals surface area contributed by atoms with E-state index in [9.17, 15) is 35.9 Å². The SMILES string of the molecule is Cn1cc(C(=O)N(C(=O)c2cn(C)nc2C(F)F)c2cnn(-c3ccccc3)c2C(F)F)c(C(F)F)n1. The summed E-state index contributed by atoms with van der Waals surface area (Å²) in [5.74, 6) is -2.99. The van der Waals surface area contributed by atoms with Crippen molar-refractivity contribution in [3.63, 3.8) is 0 Å². The molecule has 0 saturated carbocycles. The molecule has 3 aromatic heterocycles. The van der Waals surface area contributed by atoms with E-state index in [0.29, 0.717) is 0 Å². The molecule has 0 aliphatic heterocycles. The van der Waals surface area contributed by atoms with Crippen LogP contribution in [0.5, 0.6) is 0 Å². The van der Waals surface area contributed by atoms with Crippen molar-refractivity contribution in [3.8, 4) is 5.69 Å². The lowest BCUT2D eigenvalue weighted by atomic mass is 10.1. The summed E-state index contributed by atoms with van der Waals surface area (Å²) in [6, 6.07) is 7.49. The van der Waals surface area contributed by atoms with E-state index < -0.39 is 65.0 Å². The van der Waals surface area contributed by atoms with E-state index in [0.717, 1.165) is 32.6 Å². The summed E-state index contributed by atoms with van der Waals surface area (Å²) in [5, 5.41) is 10.9. The van der Waals surface area contributed by atoms with E-state index in [1.54, 1.807) is 6.07 Å². The number of alkyl halides is 6. The minimum atomic E-state index is -3.33. The summed E-state index contributed by atoms with van der Waals surface area (Å²) in [5.41, 5.74) is -5.24. The highest BCUT2D eigenvalue weighted by molar-refractivity contribution is 6.26. The predicted molar refractivity (Wildman–Crippen MR) is 116 cm³/mol. The van der Waals surface area contributed by atoms with E-state index in [1.165, 1.54) is 38.4 Å². The molecule has 0 saturated heterocycles. The van der Waals surface area contributed by atoms with Crippen LogP contribution < -0.4 is 4.90 Å². The minimum absolute atomic E-state index is 0.111. The van der Waals surface area contributed by atoms with Crippen LogP contribution in [-0.2, 0) is 14.1 Å². The molecular weight excluding hydrogens is 508 g/mol. The molecule has 1 aromatic carbocycles. The Morgan fingerprint density at radius 2 is 1.27 bits per heavy atom. The van der Waals surface area contributed by atoms with Gasteiger partial charge in [-0.1, -0.05) is 18.2 Å². The zero-order valence-electron chi connectivity index (χ0n) is 19.1. The number of anilines is 1. The highest BCUT2D eigenvalue weighted by Crippen LogP contribution is 2.35. The first kappa shape index (κ1) is 25.7. The van der Waals surface area contributed by atoms with Crippen LogP contribution >= 0.6 is 0 Å². The normalized spacial score (nSPS) is 11.6. The van der Waals surface area contributed by atoms with Crippen LogP contribution in [0, 0.1) is 0 Å². The topological polar surface area (TPSA) is 90.8 Å². The molecule has 15 heteroatoms. The number of para-hydroxylation sites is 1. The first-order valence-electron chi connectivity index (χ1n) is 10.4. The third kappa shape index (κ3) is 4.71. The summed E-state index contributed by atoms with van der Waals surface area (Å²) < 4.78 is 85.6. The summed E-state index contributed by atoms with van der Waals surface area (Å²) in [6.07, 6.45) is -7.38. The Morgan fingerprint density at radius 1 is 0.784 bits per heavy atom. The summed E-state index contributed by atoms with van der Waals surface area (Å²) in [7, 11) is 2.45. The van der Waals surface area contributed by atoms with Gasteiger partial charge in [0.15, 0.2) is 0 Å². The molecule has 0 aliphatic carbocycles. The molecule has 0 fully saturated rings. The fraction of sp³-hybridized carbons (Fsp3) is 0.227. The highest BCUT2D eigenvalue weighted by Gasteiger charge is 2.38. The smallest absolute Gasteiger partial charge is 0.275 e. The van der Waals surface area contributed by atoms with Gasteiger partial charge in [-0.25, -0.2) is 35.9 Å². The maximum atomic E-state index is 14.3. The van der Waals surface area contributed by atoms with Crippen LogP contribution in [0.25, 0.3) is 5.69 Å². The van der Waals surface area contributed by atoms with E-state index >= 15 is 0 Å². The molecule has 0 spiro atoms. The maximum Gasteiger partial charge on any atom is 0.282 e. The van der Waals surface area contributed by atoms with Gasteiger partial charge in [-0.15, -0.1) is 0 Å². The van der Waals surface area contributed by atoms with Crippen molar-refractivity contribution >= 4 is 17.5 Å². The quantitative estimate of drug-likeness (QED) is 0.259. The average molecular weight is 525 g/mol. The third-order valence-corrected chi connectivity index (χ3v) is 5.23. The van der Waals surface area contributed by atoms with E-state index in [4.69, 9.17) is 0 Å². The maximum absolute atomic E-state index is 14.3. The lowest BCUT2D eigenvalue weighted by Crippen LogP contribution is -2.38. The molecule has 0 radical (unpaired) electrons. The fourth-order valence-electron chi connectivity index (χ4n) is 3.72. The van der Waals surface area contributed by atoms with Crippen molar-refractivity contribution in [2.24, 2.45) is 14.1 Å². The number of hydrogen-bond acceptors (Lipinski definition) is 5. The molecule has 0 aliphatic rings. The number of rotatable bonds is 7. The fourth-order valence-corrected chi connectivity index (χ4v) is 3.72. The molecule has 4 rings (SSSR count). The van der Waals surface area contributed by atoms with Crippen molar-refractivity contribution in [1.82, 2.24) is 29.3 Å². The molecule has 0 N–H and O–H groups in total. The van der Waals surface area contributed by atoms with Crippen LogP contribution in [0.2, 0.25) is 0 Å². The summed E-state index contributed by atoms with van der Waals surface area (Å²) in [4.78, 5) is 27.2. The Kier molecular flexibility index (Phi) is 6.87. The van der Waals surface area contributed by atoms with Gasteiger partial charge in [-0.3, -0.25) is 19.0 Å². The number of hydrogen-bond donors (Lipinski definition) is 0. The van der Waals surface area contributed by atoms with Crippen LogP contribution in [-0.4, -0.2) is 41.2 Å². The molecule has 0 atom stereocenters. The standard InChI is InChI=1S/C22H17F6N7O2/c1-32-9-12(15(30-32)18(23)24)21(36)34(22(37)13-10-33(2)31-16(13)19(25)26)14-8-29-35(17(14)20(27)28)11-6-4-3-5-7-11/h3-10,18-20H,1-2H3. The van der Waals surface area contributed by atoms with Crippen LogP contribution in [0.3, 0.4) is 0 Å². The molecule has 4 aromatic rings. The van der Waals surface area contributed by atoms with Gasteiger partial charge in [0.2, 0.25) is 0 Å². The lowest BCUT2D eigenvalue weighted by Gasteiger charge is -2.21. The van der Waals surface area contributed by atoms with Gasteiger partial charge in [0, 0.05) is 26.5 Å². The minimum Gasteiger partial charge on any atom is -0.275 e. The largest absolute Gasteiger partial charge is 0.282 e. The Morgan fingerprint density at radius 3 is 1.70 bits per heavy atom. The molecule has 0 unspecified atom stereocenters. The molecular formula is C22H17F6N7O2. The lowest BCUT2D eigenvalue weighted by molar-refractivity contribution is 0.0879. The van der Waals surface area contributed by atoms with Gasteiger partial charge in [-0.05, 0) is 12.1 Å². The van der Waals surface area contributed by atoms with Gasteiger partial charge in [0.05, 0.1) is 28.7 Å². The Labute approximate surface area is 204 Å². The zero-order valence-corrected chi connectivity index (χ0v) is 19.1. The zero-order chi connectivity index (χ0) is 27.0.